The van der Waals surface area contributed by atoms with Crippen LogP contribution >= 0.6 is 0 Å². The Morgan fingerprint density at radius 3 is 2.85 bits per heavy atom. The summed E-state index contributed by atoms with van der Waals surface area (Å²) >= 11 is 0. The standard InChI is InChI=1S/C12H16O/c1-2-3-9-6-10-4-5-12(13)8-11(10)7-9/h4-5,8-9,13H,2-3,6-7H2,1H3. The van der Waals surface area contributed by atoms with Gasteiger partial charge < -0.3 is 5.11 Å². The van der Waals surface area contributed by atoms with Crippen LogP contribution in [0, 0.1) is 5.92 Å². The summed E-state index contributed by atoms with van der Waals surface area (Å²) in [5, 5.41) is 9.31. The second-order valence-corrected chi connectivity index (χ2v) is 4.02. The van der Waals surface area contributed by atoms with E-state index >= 15 is 0 Å². The Morgan fingerprint density at radius 2 is 2.08 bits per heavy atom. The van der Waals surface area contributed by atoms with Crippen LogP contribution in [0.5, 0.6) is 5.75 Å². The quantitative estimate of drug-likeness (QED) is 0.734. The van der Waals surface area contributed by atoms with Crippen molar-refractivity contribution in [1.29, 1.82) is 0 Å². The van der Waals surface area contributed by atoms with Gasteiger partial charge >= 0.3 is 0 Å². The van der Waals surface area contributed by atoms with E-state index in [0.29, 0.717) is 5.75 Å². The first-order chi connectivity index (χ1) is 6.29. The van der Waals surface area contributed by atoms with Gasteiger partial charge in [-0.25, -0.2) is 0 Å². The molecule has 1 heteroatoms. The molecule has 0 heterocycles. The molecule has 0 fully saturated rings. The number of benzene rings is 1. The molecule has 0 radical (unpaired) electrons. The monoisotopic (exact) mass is 176 g/mol. The molecule has 1 N–H and O–H groups in total. The Bertz CT molecular complexity index is 304. The van der Waals surface area contributed by atoms with Crippen LogP contribution < -0.4 is 0 Å². The molecular formula is C12H16O. The highest BCUT2D eigenvalue weighted by molar-refractivity contribution is 5.38. The van der Waals surface area contributed by atoms with Crippen molar-refractivity contribution in [2.24, 2.45) is 5.92 Å². The lowest BCUT2D eigenvalue weighted by molar-refractivity contribution is 0.474. The van der Waals surface area contributed by atoms with Crippen LogP contribution in [-0.2, 0) is 12.8 Å². The molecule has 1 unspecified atom stereocenters. The highest BCUT2D eigenvalue weighted by Gasteiger charge is 2.20. The summed E-state index contributed by atoms with van der Waals surface area (Å²) in [5.74, 6) is 1.23. The van der Waals surface area contributed by atoms with E-state index in [1.54, 1.807) is 6.07 Å². The minimum absolute atomic E-state index is 0.413. The van der Waals surface area contributed by atoms with Crippen molar-refractivity contribution in [2.45, 2.75) is 32.6 Å². The van der Waals surface area contributed by atoms with Gasteiger partial charge in [0.1, 0.15) is 5.75 Å². The second kappa shape index (κ2) is 3.41. The summed E-state index contributed by atoms with van der Waals surface area (Å²) in [5.41, 5.74) is 2.80. The lowest BCUT2D eigenvalue weighted by Gasteiger charge is -2.04. The minimum Gasteiger partial charge on any atom is -0.508 e. The van der Waals surface area contributed by atoms with Crippen molar-refractivity contribution in [1.82, 2.24) is 0 Å². The molecule has 0 saturated carbocycles. The Hall–Kier alpha value is -0.980. The molecule has 0 aromatic heterocycles. The smallest absolute Gasteiger partial charge is 0.115 e. The first kappa shape index (κ1) is 8.61. The van der Waals surface area contributed by atoms with Crippen LogP contribution in [0.4, 0.5) is 0 Å². The number of fused-ring (bicyclic) bond motifs is 1. The van der Waals surface area contributed by atoms with E-state index in [4.69, 9.17) is 0 Å². The van der Waals surface area contributed by atoms with Gasteiger partial charge in [-0.15, -0.1) is 0 Å². The van der Waals surface area contributed by atoms with Gasteiger partial charge in [0.15, 0.2) is 0 Å². The zero-order valence-electron chi connectivity index (χ0n) is 8.09. The zero-order valence-corrected chi connectivity index (χ0v) is 8.09. The van der Waals surface area contributed by atoms with Crippen molar-refractivity contribution < 1.29 is 5.11 Å². The first-order valence-electron chi connectivity index (χ1n) is 5.10. The largest absolute Gasteiger partial charge is 0.508 e. The van der Waals surface area contributed by atoms with E-state index in [1.165, 1.54) is 30.4 Å². The summed E-state index contributed by atoms with van der Waals surface area (Å²) in [6.07, 6.45) is 4.96. The topological polar surface area (TPSA) is 20.2 Å². The maximum Gasteiger partial charge on any atom is 0.115 e. The second-order valence-electron chi connectivity index (χ2n) is 4.02. The molecule has 1 nitrogen and oxygen atoms in total. The molecular weight excluding hydrogens is 160 g/mol. The van der Waals surface area contributed by atoms with E-state index < -0.39 is 0 Å². The third kappa shape index (κ3) is 1.69. The predicted octanol–water partition coefficient (Wildman–Crippen LogP) is 2.91. The average Bonchev–Trinajstić information content (AvgIpc) is 2.46. The third-order valence-corrected chi connectivity index (χ3v) is 2.90. The molecule has 0 aliphatic heterocycles. The Labute approximate surface area is 79.4 Å². The molecule has 70 valence electrons. The molecule has 1 aromatic rings. The molecule has 1 atom stereocenters. The Kier molecular flexibility index (Phi) is 2.26. The van der Waals surface area contributed by atoms with Gasteiger partial charge in [0, 0.05) is 0 Å². The summed E-state index contributed by atoms with van der Waals surface area (Å²) in [6, 6.07) is 5.79. The summed E-state index contributed by atoms with van der Waals surface area (Å²) in [6.45, 7) is 2.24. The number of rotatable bonds is 2. The fourth-order valence-electron chi connectivity index (χ4n) is 2.31. The Balaban J connectivity index is 2.16. The molecule has 1 aromatic carbocycles. The number of aromatic hydroxyl groups is 1. The number of hydrogen-bond acceptors (Lipinski definition) is 1. The van der Waals surface area contributed by atoms with Gasteiger partial charge in [-0.05, 0) is 42.0 Å². The molecule has 0 amide bonds. The summed E-state index contributed by atoms with van der Waals surface area (Å²) in [7, 11) is 0. The van der Waals surface area contributed by atoms with Crippen LogP contribution in [0.1, 0.15) is 30.9 Å². The number of phenols is 1. The SMILES string of the molecule is CCCC1Cc2ccc(O)cc2C1. The summed E-state index contributed by atoms with van der Waals surface area (Å²) in [4.78, 5) is 0. The van der Waals surface area contributed by atoms with Gasteiger partial charge in [-0.3, -0.25) is 0 Å². The van der Waals surface area contributed by atoms with E-state index in [1.807, 2.05) is 6.07 Å². The van der Waals surface area contributed by atoms with E-state index in [2.05, 4.69) is 13.0 Å². The van der Waals surface area contributed by atoms with Crippen LogP contribution in [0.15, 0.2) is 18.2 Å². The fraction of sp³-hybridized carbons (Fsp3) is 0.500. The molecule has 0 spiro atoms. The van der Waals surface area contributed by atoms with Crippen LogP contribution in [0.2, 0.25) is 0 Å². The highest BCUT2D eigenvalue weighted by atomic mass is 16.3. The molecule has 0 saturated heterocycles. The molecule has 1 aliphatic rings. The van der Waals surface area contributed by atoms with Gasteiger partial charge in [0.25, 0.3) is 0 Å². The molecule has 13 heavy (non-hydrogen) atoms. The van der Waals surface area contributed by atoms with Crippen molar-refractivity contribution in [3.63, 3.8) is 0 Å². The van der Waals surface area contributed by atoms with Crippen molar-refractivity contribution >= 4 is 0 Å². The van der Waals surface area contributed by atoms with Crippen molar-refractivity contribution in [2.75, 3.05) is 0 Å². The van der Waals surface area contributed by atoms with Gasteiger partial charge in [0.2, 0.25) is 0 Å². The molecule has 2 rings (SSSR count). The first-order valence-corrected chi connectivity index (χ1v) is 5.10. The Morgan fingerprint density at radius 1 is 1.31 bits per heavy atom. The van der Waals surface area contributed by atoms with Gasteiger partial charge in [-0.2, -0.15) is 0 Å². The van der Waals surface area contributed by atoms with E-state index in [0.717, 1.165) is 12.3 Å². The lowest BCUT2D eigenvalue weighted by atomic mass is 10.0. The predicted molar refractivity (Wildman–Crippen MR) is 53.9 cm³/mol. The van der Waals surface area contributed by atoms with E-state index in [9.17, 15) is 5.11 Å². The van der Waals surface area contributed by atoms with Crippen LogP contribution in [0.3, 0.4) is 0 Å². The summed E-state index contributed by atoms with van der Waals surface area (Å²) < 4.78 is 0. The third-order valence-electron chi connectivity index (χ3n) is 2.90. The van der Waals surface area contributed by atoms with Gasteiger partial charge in [0.05, 0.1) is 0 Å². The van der Waals surface area contributed by atoms with Crippen molar-refractivity contribution in [3.05, 3.63) is 29.3 Å². The number of phenolic OH excluding ortho intramolecular Hbond substituents is 1. The molecule has 1 aliphatic carbocycles. The average molecular weight is 176 g/mol. The highest BCUT2D eigenvalue weighted by Crippen LogP contribution is 2.31. The van der Waals surface area contributed by atoms with Crippen LogP contribution in [0.25, 0.3) is 0 Å². The maximum absolute atomic E-state index is 9.31. The number of hydrogen-bond donors (Lipinski definition) is 1. The van der Waals surface area contributed by atoms with E-state index in [-0.39, 0.29) is 0 Å². The lowest BCUT2D eigenvalue weighted by Crippen LogP contribution is -1.97. The van der Waals surface area contributed by atoms with Gasteiger partial charge in [-0.1, -0.05) is 25.8 Å². The van der Waals surface area contributed by atoms with Crippen LogP contribution in [-0.4, -0.2) is 5.11 Å². The maximum atomic E-state index is 9.31. The minimum atomic E-state index is 0.413. The van der Waals surface area contributed by atoms with Crippen molar-refractivity contribution in [3.8, 4) is 5.75 Å². The molecule has 0 bridgehead atoms. The fourth-order valence-corrected chi connectivity index (χ4v) is 2.31. The normalized spacial score (nSPS) is 20.2. The zero-order chi connectivity index (χ0) is 9.26.